The zero-order valence-corrected chi connectivity index (χ0v) is 15.0. The Morgan fingerprint density at radius 2 is 1.93 bits per heavy atom. The SMILES string of the molecule is COc1cccc(/C=C/C(=O)OCC(=O)Nc2ccc(F)cc2F)c1OC(F)F. The lowest BCUT2D eigenvalue weighted by molar-refractivity contribution is -0.142. The van der Waals surface area contributed by atoms with Crippen molar-refractivity contribution in [2.75, 3.05) is 19.0 Å². The number of halogens is 4. The van der Waals surface area contributed by atoms with Crippen LogP contribution in [0.3, 0.4) is 0 Å². The molecule has 0 fully saturated rings. The van der Waals surface area contributed by atoms with Crippen LogP contribution in [0, 0.1) is 11.6 Å². The normalized spacial score (nSPS) is 10.8. The Hall–Kier alpha value is -3.56. The molecule has 0 radical (unpaired) electrons. The van der Waals surface area contributed by atoms with E-state index in [0.717, 1.165) is 24.3 Å². The summed E-state index contributed by atoms with van der Waals surface area (Å²) in [6.07, 6.45) is 2.03. The zero-order valence-electron chi connectivity index (χ0n) is 15.0. The summed E-state index contributed by atoms with van der Waals surface area (Å²) in [5, 5.41) is 2.11. The van der Waals surface area contributed by atoms with Gasteiger partial charge in [0, 0.05) is 17.7 Å². The highest BCUT2D eigenvalue weighted by molar-refractivity contribution is 5.94. The summed E-state index contributed by atoms with van der Waals surface area (Å²) in [6, 6.07) is 6.82. The molecule has 6 nitrogen and oxygen atoms in total. The largest absolute Gasteiger partial charge is 0.493 e. The molecule has 2 aromatic carbocycles. The van der Waals surface area contributed by atoms with E-state index in [-0.39, 0.29) is 22.7 Å². The second-order valence-corrected chi connectivity index (χ2v) is 5.37. The van der Waals surface area contributed by atoms with E-state index in [2.05, 4.69) is 14.8 Å². The number of hydrogen-bond acceptors (Lipinski definition) is 5. The van der Waals surface area contributed by atoms with E-state index in [0.29, 0.717) is 6.07 Å². The molecule has 0 atom stereocenters. The standard InChI is InChI=1S/C19H15F4NO5/c1-27-15-4-2-3-11(18(15)29-19(22)23)5-8-17(26)28-10-16(25)24-14-7-6-12(20)9-13(14)21/h2-9,19H,10H2,1H3,(H,24,25)/b8-5+. The lowest BCUT2D eigenvalue weighted by Gasteiger charge is -2.12. The molecule has 0 aliphatic carbocycles. The van der Waals surface area contributed by atoms with Crippen LogP contribution < -0.4 is 14.8 Å². The number of anilines is 1. The summed E-state index contributed by atoms with van der Waals surface area (Å²) < 4.78 is 65.4. The van der Waals surface area contributed by atoms with Gasteiger partial charge in [-0.05, 0) is 24.3 Å². The van der Waals surface area contributed by atoms with Gasteiger partial charge in [-0.15, -0.1) is 0 Å². The van der Waals surface area contributed by atoms with Crippen LogP contribution in [0.1, 0.15) is 5.56 Å². The predicted molar refractivity (Wildman–Crippen MR) is 94.6 cm³/mol. The van der Waals surface area contributed by atoms with Gasteiger partial charge in [-0.1, -0.05) is 12.1 Å². The number of amides is 1. The third kappa shape index (κ3) is 6.52. The maximum Gasteiger partial charge on any atom is 0.387 e. The predicted octanol–water partition coefficient (Wildman–Crippen LogP) is 3.77. The van der Waals surface area contributed by atoms with Gasteiger partial charge >= 0.3 is 12.6 Å². The summed E-state index contributed by atoms with van der Waals surface area (Å²) in [4.78, 5) is 23.4. The molecule has 0 aromatic heterocycles. The van der Waals surface area contributed by atoms with Crippen molar-refractivity contribution < 1.29 is 41.4 Å². The summed E-state index contributed by atoms with van der Waals surface area (Å²) in [6.45, 7) is -3.86. The second-order valence-electron chi connectivity index (χ2n) is 5.37. The summed E-state index contributed by atoms with van der Waals surface area (Å²) in [5.74, 6) is -3.88. The van der Waals surface area contributed by atoms with Crippen molar-refractivity contribution >= 4 is 23.6 Å². The van der Waals surface area contributed by atoms with Crippen LogP contribution >= 0.6 is 0 Å². The minimum absolute atomic E-state index is 0.0292. The number of carbonyl (C=O) groups excluding carboxylic acids is 2. The van der Waals surface area contributed by atoms with E-state index in [1.165, 1.54) is 25.3 Å². The second kappa shape index (κ2) is 10.1. The molecule has 2 aromatic rings. The fraction of sp³-hybridized carbons (Fsp3) is 0.158. The van der Waals surface area contributed by atoms with E-state index in [9.17, 15) is 27.2 Å². The van der Waals surface area contributed by atoms with Crippen molar-refractivity contribution in [2.24, 2.45) is 0 Å². The molecule has 1 amide bonds. The van der Waals surface area contributed by atoms with Crippen molar-refractivity contribution in [3.63, 3.8) is 0 Å². The van der Waals surface area contributed by atoms with Crippen LogP contribution in [0.5, 0.6) is 11.5 Å². The van der Waals surface area contributed by atoms with E-state index >= 15 is 0 Å². The molecule has 0 aliphatic rings. The first-order chi connectivity index (χ1) is 13.8. The lowest BCUT2D eigenvalue weighted by Crippen LogP contribution is -2.20. The molecule has 0 spiro atoms. The van der Waals surface area contributed by atoms with Crippen molar-refractivity contribution in [3.8, 4) is 11.5 Å². The van der Waals surface area contributed by atoms with Crippen LogP contribution in [-0.2, 0) is 14.3 Å². The Morgan fingerprint density at radius 3 is 2.59 bits per heavy atom. The first kappa shape index (κ1) is 21.7. The Morgan fingerprint density at radius 1 is 1.17 bits per heavy atom. The minimum atomic E-state index is -3.11. The molecule has 0 saturated heterocycles. The number of ether oxygens (including phenoxy) is 3. The molecule has 2 rings (SSSR count). The van der Waals surface area contributed by atoms with Crippen molar-refractivity contribution in [1.82, 2.24) is 0 Å². The van der Waals surface area contributed by atoms with E-state index in [1.54, 1.807) is 0 Å². The lowest BCUT2D eigenvalue weighted by atomic mass is 10.1. The van der Waals surface area contributed by atoms with Crippen molar-refractivity contribution in [1.29, 1.82) is 0 Å². The molecule has 0 aliphatic heterocycles. The summed E-state index contributed by atoms with van der Waals surface area (Å²) in [7, 11) is 1.26. The maximum atomic E-state index is 13.5. The number of esters is 1. The van der Waals surface area contributed by atoms with Crippen LogP contribution in [0.25, 0.3) is 6.08 Å². The number of alkyl halides is 2. The third-order valence-corrected chi connectivity index (χ3v) is 3.39. The third-order valence-electron chi connectivity index (χ3n) is 3.39. The van der Waals surface area contributed by atoms with Gasteiger partial charge in [0.25, 0.3) is 5.91 Å². The average molecular weight is 413 g/mol. The minimum Gasteiger partial charge on any atom is -0.493 e. The average Bonchev–Trinajstić information content (AvgIpc) is 2.67. The number of nitrogens with one attached hydrogen (secondary N) is 1. The van der Waals surface area contributed by atoms with Gasteiger partial charge in [-0.25, -0.2) is 13.6 Å². The quantitative estimate of drug-likeness (QED) is 0.405. The first-order valence-electron chi connectivity index (χ1n) is 8.01. The molecule has 1 N–H and O–H groups in total. The Balaban J connectivity index is 1.97. The molecule has 0 heterocycles. The molecule has 0 unspecified atom stereocenters. The van der Waals surface area contributed by atoms with Crippen LogP contribution in [0.2, 0.25) is 0 Å². The Kier molecular flexibility index (Phi) is 7.58. The van der Waals surface area contributed by atoms with Gasteiger partial charge in [-0.3, -0.25) is 4.79 Å². The highest BCUT2D eigenvalue weighted by atomic mass is 19.3. The van der Waals surface area contributed by atoms with E-state index in [4.69, 9.17) is 4.74 Å². The number of rotatable bonds is 8. The van der Waals surface area contributed by atoms with Crippen LogP contribution in [0.15, 0.2) is 42.5 Å². The highest BCUT2D eigenvalue weighted by Gasteiger charge is 2.14. The fourth-order valence-corrected chi connectivity index (χ4v) is 2.16. The van der Waals surface area contributed by atoms with Crippen LogP contribution in [0.4, 0.5) is 23.2 Å². The number of hydrogen-bond donors (Lipinski definition) is 1. The van der Waals surface area contributed by atoms with Crippen LogP contribution in [-0.4, -0.2) is 32.2 Å². The monoisotopic (exact) mass is 413 g/mol. The molecule has 0 saturated carbocycles. The number of benzene rings is 2. The van der Waals surface area contributed by atoms with Crippen molar-refractivity contribution in [3.05, 3.63) is 59.7 Å². The first-order valence-corrected chi connectivity index (χ1v) is 8.01. The van der Waals surface area contributed by atoms with E-state index < -0.39 is 36.7 Å². The smallest absolute Gasteiger partial charge is 0.387 e. The molecule has 10 heteroatoms. The molecule has 29 heavy (non-hydrogen) atoms. The van der Waals surface area contributed by atoms with Gasteiger partial charge in [0.15, 0.2) is 18.1 Å². The summed E-state index contributed by atoms with van der Waals surface area (Å²) in [5.41, 5.74) is -0.174. The van der Waals surface area contributed by atoms with Gasteiger partial charge in [0.1, 0.15) is 11.6 Å². The number of methoxy groups -OCH3 is 1. The topological polar surface area (TPSA) is 73.9 Å². The summed E-state index contributed by atoms with van der Waals surface area (Å²) >= 11 is 0. The Bertz CT molecular complexity index is 917. The fourth-order valence-electron chi connectivity index (χ4n) is 2.16. The van der Waals surface area contributed by atoms with E-state index in [1.807, 2.05) is 0 Å². The highest BCUT2D eigenvalue weighted by Crippen LogP contribution is 2.33. The maximum absolute atomic E-state index is 13.5. The van der Waals surface area contributed by atoms with Gasteiger partial charge < -0.3 is 19.5 Å². The Labute approximate surface area is 162 Å². The molecular weight excluding hydrogens is 398 g/mol. The van der Waals surface area contributed by atoms with Crippen molar-refractivity contribution in [2.45, 2.75) is 6.61 Å². The number of para-hydroxylation sites is 1. The molecule has 0 bridgehead atoms. The molecule has 154 valence electrons. The molecular formula is C19H15F4NO5. The zero-order chi connectivity index (χ0) is 21.4. The van der Waals surface area contributed by atoms with Gasteiger partial charge in [0.2, 0.25) is 0 Å². The number of carbonyl (C=O) groups is 2. The van der Waals surface area contributed by atoms with Gasteiger partial charge in [0.05, 0.1) is 12.8 Å². The van der Waals surface area contributed by atoms with Gasteiger partial charge in [-0.2, -0.15) is 8.78 Å².